The molecule has 1 unspecified atom stereocenters. The van der Waals surface area contributed by atoms with Crippen LogP contribution in [0.2, 0.25) is 0 Å². The van der Waals surface area contributed by atoms with Crippen molar-refractivity contribution in [3.63, 3.8) is 0 Å². The normalized spacial score (nSPS) is 12.1. The Labute approximate surface area is 143 Å². The van der Waals surface area contributed by atoms with Crippen LogP contribution in [0, 0.1) is 0 Å². The summed E-state index contributed by atoms with van der Waals surface area (Å²) in [6, 6.07) is 13.4. The number of aromatic nitrogens is 1. The minimum atomic E-state index is -0.514. The zero-order valence-corrected chi connectivity index (χ0v) is 14.4. The molecule has 1 heterocycles. The van der Waals surface area contributed by atoms with Crippen LogP contribution in [0.15, 0.2) is 58.2 Å². The molecule has 0 aliphatic carbocycles. The zero-order chi connectivity index (χ0) is 15.6. The van der Waals surface area contributed by atoms with Crippen LogP contribution in [0.5, 0.6) is 5.75 Å². The summed E-state index contributed by atoms with van der Waals surface area (Å²) < 4.78 is 12.0. The second kappa shape index (κ2) is 9.84. The van der Waals surface area contributed by atoms with Gasteiger partial charge in [-0.05, 0) is 36.4 Å². The molecule has 0 bridgehead atoms. The van der Waals surface area contributed by atoms with E-state index >= 15 is 0 Å². The van der Waals surface area contributed by atoms with E-state index in [0.717, 1.165) is 15.2 Å². The first-order chi connectivity index (χ1) is 10.7. The van der Waals surface area contributed by atoms with Crippen molar-refractivity contribution in [1.29, 1.82) is 0 Å². The predicted octanol–water partition coefficient (Wildman–Crippen LogP) is 3.39. The quantitative estimate of drug-likeness (QED) is 0.531. The summed E-state index contributed by atoms with van der Waals surface area (Å²) in [5, 5.41) is 10.7. The average Bonchev–Trinajstić information content (AvgIpc) is 2.55. The molecule has 1 atom stereocenters. The highest BCUT2D eigenvalue weighted by Crippen LogP contribution is 2.16. The minimum absolute atomic E-state index is 0.295. The number of aliphatic hydroxyl groups excluding tert-OH is 1. The van der Waals surface area contributed by atoms with Crippen molar-refractivity contribution in [3.8, 4) is 5.75 Å². The van der Waals surface area contributed by atoms with Crippen LogP contribution in [0.1, 0.15) is 0 Å². The molecular formula is C16H18BrNO3S. The molecule has 22 heavy (non-hydrogen) atoms. The Morgan fingerprint density at radius 1 is 1.14 bits per heavy atom. The number of aliphatic hydroxyl groups is 1. The number of pyridine rings is 1. The lowest BCUT2D eigenvalue weighted by Crippen LogP contribution is -2.20. The second-order valence-corrected chi connectivity index (χ2v) is 6.47. The van der Waals surface area contributed by atoms with E-state index in [1.54, 1.807) is 6.20 Å². The van der Waals surface area contributed by atoms with Crippen molar-refractivity contribution in [2.45, 2.75) is 11.1 Å². The zero-order valence-electron chi connectivity index (χ0n) is 12.0. The Morgan fingerprint density at radius 3 is 2.68 bits per heavy atom. The van der Waals surface area contributed by atoms with E-state index < -0.39 is 6.10 Å². The van der Waals surface area contributed by atoms with Gasteiger partial charge >= 0.3 is 0 Å². The molecule has 0 amide bonds. The monoisotopic (exact) mass is 383 g/mol. The largest absolute Gasteiger partial charge is 0.491 e. The number of halogens is 1. The van der Waals surface area contributed by atoms with E-state index in [1.807, 2.05) is 42.5 Å². The third kappa shape index (κ3) is 6.79. The summed E-state index contributed by atoms with van der Waals surface area (Å²) in [5.74, 6) is 1.36. The smallest absolute Gasteiger partial charge is 0.119 e. The summed E-state index contributed by atoms with van der Waals surface area (Å²) in [7, 11) is 0. The number of hydrogen-bond acceptors (Lipinski definition) is 5. The minimum Gasteiger partial charge on any atom is -0.491 e. The fraction of sp³-hybridized carbons (Fsp3) is 0.312. The number of ether oxygens (including phenoxy) is 2. The van der Waals surface area contributed by atoms with Crippen LogP contribution in [-0.2, 0) is 4.74 Å². The van der Waals surface area contributed by atoms with Crippen LogP contribution >= 0.6 is 27.7 Å². The molecule has 1 aromatic heterocycles. The van der Waals surface area contributed by atoms with Gasteiger partial charge in [0.05, 0.1) is 24.3 Å². The van der Waals surface area contributed by atoms with Crippen LogP contribution in [0.25, 0.3) is 0 Å². The Morgan fingerprint density at radius 2 is 1.95 bits per heavy atom. The van der Waals surface area contributed by atoms with Crippen molar-refractivity contribution in [1.82, 2.24) is 4.98 Å². The van der Waals surface area contributed by atoms with Crippen molar-refractivity contribution in [2.75, 3.05) is 25.6 Å². The first kappa shape index (κ1) is 17.3. The molecule has 0 fully saturated rings. The van der Waals surface area contributed by atoms with Gasteiger partial charge in [-0.2, -0.15) is 0 Å². The molecule has 2 aromatic rings. The summed E-state index contributed by atoms with van der Waals surface area (Å²) in [4.78, 5) is 4.19. The summed E-state index contributed by atoms with van der Waals surface area (Å²) in [5.41, 5.74) is 0. The second-order valence-electron chi connectivity index (χ2n) is 4.51. The average molecular weight is 384 g/mol. The highest BCUT2D eigenvalue weighted by molar-refractivity contribution is 9.10. The number of benzene rings is 1. The first-order valence-corrected chi connectivity index (χ1v) is 8.70. The van der Waals surface area contributed by atoms with E-state index in [1.165, 1.54) is 11.8 Å². The highest BCUT2D eigenvalue weighted by Gasteiger charge is 2.06. The van der Waals surface area contributed by atoms with Crippen molar-refractivity contribution >= 4 is 27.7 Å². The maximum atomic E-state index is 9.84. The Kier molecular flexibility index (Phi) is 7.73. The van der Waals surface area contributed by atoms with E-state index in [4.69, 9.17) is 9.47 Å². The van der Waals surface area contributed by atoms with Gasteiger partial charge in [-0.1, -0.05) is 22.0 Å². The van der Waals surface area contributed by atoms with Gasteiger partial charge in [0.2, 0.25) is 0 Å². The third-order valence-electron chi connectivity index (χ3n) is 2.68. The number of hydrogen-bond donors (Lipinski definition) is 1. The fourth-order valence-electron chi connectivity index (χ4n) is 1.63. The standard InChI is InChI=1S/C16H18BrNO3S/c17-13-4-6-15(7-5-13)21-10-9-20-11-14(19)12-22-16-3-1-2-8-18-16/h1-8,14,19H,9-12H2. The number of rotatable bonds is 9. The van der Waals surface area contributed by atoms with Gasteiger partial charge in [-0.25, -0.2) is 4.98 Å². The van der Waals surface area contributed by atoms with E-state index in [9.17, 15) is 5.11 Å². The van der Waals surface area contributed by atoms with Crippen molar-refractivity contribution < 1.29 is 14.6 Å². The lowest BCUT2D eigenvalue weighted by Gasteiger charge is -2.11. The molecule has 0 saturated heterocycles. The van der Waals surface area contributed by atoms with E-state index in [0.29, 0.717) is 25.6 Å². The van der Waals surface area contributed by atoms with Crippen molar-refractivity contribution in [2.24, 2.45) is 0 Å². The lowest BCUT2D eigenvalue weighted by molar-refractivity contribution is 0.0348. The van der Waals surface area contributed by atoms with Gasteiger partial charge in [0.25, 0.3) is 0 Å². The van der Waals surface area contributed by atoms with Crippen molar-refractivity contribution in [3.05, 3.63) is 53.1 Å². The van der Waals surface area contributed by atoms with Crippen LogP contribution < -0.4 is 4.74 Å². The molecule has 0 radical (unpaired) electrons. The van der Waals surface area contributed by atoms with Gasteiger partial charge in [0, 0.05) is 16.4 Å². The fourth-order valence-corrected chi connectivity index (χ4v) is 2.66. The highest BCUT2D eigenvalue weighted by atomic mass is 79.9. The van der Waals surface area contributed by atoms with Crippen LogP contribution in [-0.4, -0.2) is 41.8 Å². The Bertz CT molecular complexity index is 539. The first-order valence-electron chi connectivity index (χ1n) is 6.92. The Balaban J connectivity index is 1.53. The summed E-state index contributed by atoms with van der Waals surface area (Å²) in [6.07, 6.45) is 1.23. The predicted molar refractivity (Wildman–Crippen MR) is 91.4 cm³/mol. The molecule has 0 aliphatic rings. The molecule has 6 heteroatoms. The number of nitrogens with zero attached hydrogens (tertiary/aromatic N) is 1. The van der Waals surface area contributed by atoms with Crippen LogP contribution in [0.4, 0.5) is 0 Å². The molecule has 1 aromatic carbocycles. The SMILES string of the molecule is OC(COCCOc1ccc(Br)cc1)CSc1ccccn1. The van der Waals surface area contributed by atoms with Gasteiger partial charge < -0.3 is 14.6 Å². The molecule has 118 valence electrons. The molecule has 1 N–H and O–H groups in total. The summed E-state index contributed by atoms with van der Waals surface area (Å²) in [6.45, 7) is 1.20. The Hall–Kier alpha value is -1.08. The lowest BCUT2D eigenvalue weighted by atomic mass is 10.3. The van der Waals surface area contributed by atoms with Gasteiger partial charge in [-0.3, -0.25) is 0 Å². The molecule has 2 rings (SSSR count). The summed E-state index contributed by atoms with van der Waals surface area (Å²) >= 11 is 4.89. The molecular weight excluding hydrogens is 366 g/mol. The molecule has 0 aliphatic heterocycles. The van der Waals surface area contributed by atoms with Gasteiger partial charge in [-0.15, -0.1) is 11.8 Å². The molecule has 0 spiro atoms. The molecule has 0 saturated carbocycles. The van der Waals surface area contributed by atoms with Crippen LogP contribution in [0.3, 0.4) is 0 Å². The maximum Gasteiger partial charge on any atom is 0.119 e. The third-order valence-corrected chi connectivity index (χ3v) is 4.30. The molecule has 4 nitrogen and oxygen atoms in total. The maximum absolute atomic E-state index is 9.84. The topological polar surface area (TPSA) is 51.6 Å². The van der Waals surface area contributed by atoms with E-state index in [2.05, 4.69) is 20.9 Å². The van der Waals surface area contributed by atoms with Gasteiger partial charge in [0.15, 0.2) is 0 Å². The van der Waals surface area contributed by atoms with Gasteiger partial charge in [0.1, 0.15) is 12.4 Å². The number of thioether (sulfide) groups is 1. The van der Waals surface area contributed by atoms with E-state index in [-0.39, 0.29) is 0 Å².